The lowest BCUT2D eigenvalue weighted by Gasteiger charge is -2.08. The molecule has 0 amide bonds. The van der Waals surface area contributed by atoms with Gasteiger partial charge >= 0.3 is 0 Å². The van der Waals surface area contributed by atoms with E-state index in [0.29, 0.717) is 23.9 Å². The molecule has 18 heavy (non-hydrogen) atoms. The minimum Gasteiger partial charge on any atom is -0.369 e. The Hall–Kier alpha value is -0.500. The zero-order valence-corrected chi connectivity index (χ0v) is 12.6. The van der Waals surface area contributed by atoms with Gasteiger partial charge in [0.25, 0.3) is 0 Å². The van der Waals surface area contributed by atoms with E-state index >= 15 is 0 Å². The van der Waals surface area contributed by atoms with Gasteiger partial charge in [-0.3, -0.25) is 0 Å². The second-order valence-corrected chi connectivity index (χ2v) is 6.58. The summed E-state index contributed by atoms with van der Waals surface area (Å²) in [6, 6.07) is 1.40. The SMILES string of the molecule is CCNc1ncc(S(=O)(=O)NCCSC)cc1Cl. The molecule has 0 fully saturated rings. The summed E-state index contributed by atoms with van der Waals surface area (Å²) in [6.07, 6.45) is 3.21. The summed E-state index contributed by atoms with van der Waals surface area (Å²) >= 11 is 7.53. The molecule has 0 aromatic carbocycles. The first kappa shape index (κ1) is 15.6. The number of nitrogens with zero attached hydrogens (tertiary/aromatic N) is 1. The Morgan fingerprint density at radius 3 is 2.78 bits per heavy atom. The van der Waals surface area contributed by atoms with E-state index in [1.165, 1.54) is 12.3 Å². The fourth-order valence-electron chi connectivity index (χ4n) is 1.23. The van der Waals surface area contributed by atoms with Gasteiger partial charge in [-0.2, -0.15) is 11.8 Å². The van der Waals surface area contributed by atoms with Crippen LogP contribution in [0.25, 0.3) is 0 Å². The fraction of sp³-hybridized carbons (Fsp3) is 0.500. The van der Waals surface area contributed by atoms with Crippen LogP contribution in [0.4, 0.5) is 5.82 Å². The van der Waals surface area contributed by atoms with Gasteiger partial charge < -0.3 is 5.32 Å². The summed E-state index contributed by atoms with van der Waals surface area (Å²) < 4.78 is 26.3. The number of hydrogen-bond donors (Lipinski definition) is 2. The molecule has 0 aliphatic carbocycles. The van der Waals surface area contributed by atoms with Crippen molar-refractivity contribution in [1.29, 1.82) is 0 Å². The first-order chi connectivity index (χ1) is 8.51. The van der Waals surface area contributed by atoms with E-state index in [-0.39, 0.29) is 4.90 Å². The highest BCUT2D eigenvalue weighted by Gasteiger charge is 2.15. The van der Waals surface area contributed by atoms with Crippen LogP contribution in [0.2, 0.25) is 5.02 Å². The first-order valence-corrected chi connectivity index (χ1v) is 8.64. The number of aromatic nitrogens is 1. The van der Waals surface area contributed by atoms with Crippen molar-refractivity contribution in [3.8, 4) is 0 Å². The van der Waals surface area contributed by atoms with Crippen molar-refractivity contribution in [3.05, 3.63) is 17.3 Å². The van der Waals surface area contributed by atoms with E-state index in [1.54, 1.807) is 11.8 Å². The van der Waals surface area contributed by atoms with Crippen molar-refractivity contribution in [1.82, 2.24) is 9.71 Å². The van der Waals surface area contributed by atoms with Crippen LogP contribution in [0.15, 0.2) is 17.2 Å². The summed E-state index contributed by atoms with van der Waals surface area (Å²) in [7, 11) is -3.52. The standard InChI is InChI=1S/C10H16ClN3O2S2/c1-3-12-10-9(11)6-8(7-13-10)18(15,16)14-4-5-17-2/h6-7,14H,3-5H2,1-2H3,(H,12,13). The van der Waals surface area contributed by atoms with Crippen molar-refractivity contribution in [2.75, 3.05) is 30.4 Å². The van der Waals surface area contributed by atoms with Crippen molar-refractivity contribution in [2.24, 2.45) is 0 Å². The molecule has 0 radical (unpaired) electrons. The zero-order chi connectivity index (χ0) is 13.6. The minimum atomic E-state index is -3.52. The van der Waals surface area contributed by atoms with Crippen LogP contribution in [-0.4, -0.2) is 38.5 Å². The minimum absolute atomic E-state index is 0.0789. The number of halogens is 1. The molecular formula is C10H16ClN3O2S2. The molecule has 1 rings (SSSR count). The molecule has 1 aromatic heterocycles. The van der Waals surface area contributed by atoms with Crippen molar-refractivity contribution in [2.45, 2.75) is 11.8 Å². The maximum atomic E-state index is 11.9. The Kier molecular flexibility index (Phi) is 6.20. The lowest BCUT2D eigenvalue weighted by atomic mass is 10.4. The molecule has 0 atom stereocenters. The summed E-state index contributed by atoms with van der Waals surface area (Å²) in [5.41, 5.74) is 0. The van der Waals surface area contributed by atoms with Gasteiger partial charge in [-0.15, -0.1) is 0 Å². The molecule has 1 heterocycles. The van der Waals surface area contributed by atoms with Crippen LogP contribution < -0.4 is 10.0 Å². The topological polar surface area (TPSA) is 71.1 Å². The van der Waals surface area contributed by atoms with E-state index in [0.717, 1.165) is 5.75 Å². The number of thioether (sulfide) groups is 1. The normalized spacial score (nSPS) is 11.5. The third-order valence-electron chi connectivity index (χ3n) is 2.07. The number of rotatable bonds is 7. The van der Waals surface area contributed by atoms with E-state index in [9.17, 15) is 8.42 Å². The van der Waals surface area contributed by atoms with Crippen LogP contribution >= 0.6 is 23.4 Å². The molecule has 0 unspecified atom stereocenters. The highest BCUT2D eigenvalue weighted by molar-refractivity contribution is 7.98. The van der Waals surface area contributed by atoms with E-state index in [4.69, 9.17) is 11.6 Å². The van der Waals surface area contributed by atoms with Crippen LogP contribution in [0, 0.1) is 0 Å². The van der Waals surface area contributed by atoms with Crippen LogP contribution in [0.1, 0.15) is 6.92 Å². The lowest BCUT2D eigenvalue weighted by Crippen LogP contribution is -2.26. The van der Waals surface area contributed by atoms with Gasteiger partial charge in [0, 0.05) is 25.0 Å². The predicted molar refractivity (Wildman–Crippen MR) is 77.0 cm³/mol. The van der Waals surface area contributed by atoms with E-state index in [1.807, 2.05) is 13.2 Å². The van der Waals surface area contributed by atoms with E-state index in [2.05, 4.69) is 15.0 Å². The van der Waals surface area contributed by atoms with Gasteiger partial charge in [-0.25, -0.2) is 18.1 Å². The van der Waals surface area contributed by atoms with Gasteiger partial charge in [-0.05, 0) is 19.2 Å². The van der Waals surface area contributed by atoms with Crippen molar-refractivity contribution in [3.63, 3.8) is 0 Å². The fourth-order valence-corrected chi connectivity index (χ4v) is 2.96. The highest BCUT2D eigenvalue weighted by atomic mass is 35.5. The Balaban J connectivity index is 2.86. The largest absolute Gasteiger partial charge is 0.369 e. The highest BCUT2D eigenvalue weighted by Crippen LogP contribution is 2.22. The molecule has 0 saturated heterocycles. The van der Waals surface area contributed by atoms with Gasteiger partial charge in [0.2, 0.25) is 10.0 Å². The summed E-state index contributed by atoms with van der Waals surface area (Å²) in [4.78, 5) is 4.07. The number of anilines is 1. The molecule has 102 valence electrons. The molecular weight excluding hydrogens is 294 g/mol. The average Bonchev–Trinajstić information content (AvgIpc) is 2.32. The third-order valence-corrected chi connectivity index (χ3v) is 4.40. The molecule has 2 N–H and O–H groups in total. The molecule has 0 spiro atoms. The van der Waals surface area contributed by atoms with Gasteiger partial charge in [-0.1, -0.05) is 11.6 Å². The molecule has 1 aromatic rings. The predicted octanol–water partition coefficient (Wildman–Crippen LogP) is 1.81. The Morgan fingerprint density at radius 1 is 1.50 bits per heavy atom. The molecule has 5 nitrogen and oxygen atoms in total. The maximum absolute atomic E-state index is 11.9. The Morgan fingerprint density at radius 2 is 2.22 bits per heavy atom. The third kappa shape index (κ3) is 4.31. The van der Waals surface area contributed by atoms with Crippen molar-refractivity contribution >= 4 is 39.2 Å². The van der Waals surface area contributed by atoms with E-state index < -0.39 is 10.0 Å². The molecule has 0 aliphatic rings. The molecule has 0 aliphatic heterocycles. The van der Waals surface area contributed by atoms with Gasteiger partial charge in [0.05, 0.1) is 5.02 Å². The second kappa shape index (κ2) is 7.18. The molecule has 0 bridgehead atoms. The number of sulfonamides is 1. The average molecular weight is 310 g/mol. The number of nitrogens with one attached hydrogen (secondary N) is 2. The van der Waals surface area contributed by atoms with Crippen LogP contribution in [-0.2, 0) is 10.0 Å². The second-order valence-electron chi connectivity index (χ2n) is 3.42. The van der Waals surface area contributed by atoms with Gasteiger partial charge in [0.15, 0.2) is 0 Å². The summed E-state index contributed by atoms with van der Waals surface area (Å²) in [6.45, 7) is 2.97. The number of hydrogen-bond acceptors (Lipinski definition) is 5. The summed E-state index contributed by atoms with van der Waals surface area (Å²) in [5, 5.41) is 3.24. The lowest BCUT2D eigenvalue weighted by molar-refractivity contribution is 0.584. The Labute approximate surface area is 117 Å². The Bertz CT molecular complexity index is 494. The number of pyridine rings is 1. The zero-order valence-electron chi connectivity index (χ0n) is 10.2. The monoisotopic (exact) mass is 309 g/mol. The van der Waals surface area contributed by atoms with Gasteiger partial charge in [0.1, 0.15) is 10.7 Å². The van der Waals surface area contributed by atoms with Crippen LogP contribution in [0.3, 0.4) is 0 Å². The van der Waals surface area contributed by atoms with Crippen molar-refractivity contribution < 1.29 is 8.42 Å². The first-order valence-electron chi connectivity index (χ1n) is 5.39. The maximum Gasteiger partial charge on any atom is 0.242 e. The molecule has 8 heteroatoms. The molecule has 0 saturated carbocycles. The quantitative estimate of drug-likeness (QED) is 0.752. The smallest absolute Gasteiger partial charge is 0.242 e. The summed E-state index contributed by atoms with van der Waals surface area (Å²) in [5.74, 6) is 1.21. The van der Waals surface area contributed by atoms with Crippen LogP contribution in [0.5, 0.6) is 0 Å².